The van der Waals surface area contributed by atoms with Crippen molar-refractivity contribution in [3.63, 3.8) is 0 Å². The molecule has 2 heterocycles. The summed E-state index contributed by atoms with van der Waals surface area (Å²) >= 11 is 0. The monoisotopic (exact) mass is 432 g/mol. The Morgan fingerprint density at radius 2 is 1.83 bits per heavy atom. The van der Waals surface area contributed by atoms with Gasteiger partial charge in [0.2, 0.25) is 0 Å². The predicted molar refractivity (Wildman–Crippen MR) is 101 cm³/mol. The Bertz CT molecular complexity index is 995. The lowest BCUT2D eigenvalue weighted by molar-refractivity contribution is -0.146. The molecule has 7 nitrogen and oxygen atoms in total. The zero-order chi connectivity index (χ0) is 22.0. The summed E-state index contributed by atoms with van der Waals surface area (Å²) in [5.74, 6) is -3.80. The molecule has 0 spiro atoms. The highest BCUT2D eigenvalue weighted by molar-refractivity contribution is 5.66. The highest BCUT2D eigenvalue weighted by Gasteiger charge is 2.48. The number of alkyl halides is 3. The maximum atomic E-state index is 15.2. The molecule has 3 aliphatic rings. The Hall–Kier alpha value is -2.14. The van der Waals surface area contributed by atoms with Gasteiger partial charge in [0.1, 0.15) is 5.56 Å². The highest BCUT2D eigenvalue weighted by atomic mass is 19.4. The standard InChI is InChI=1S/C19H24F4N4O3/c1-8-14-12(17(29)25-18(30)27(14)11-2-3-11)16(28)13(20)15(8)26-6-9(4-19(21,22)23)10(5-24)7-26/h8-11,15,28H,2-7,24H2,1H3,(H,25,29,30). The average molecular weight is 432 g/mol. The van der Waals surface area contributed by atoms with E-state index in [0.717, 1.165) is 12.8 Å². The number of aromatic nitrogens is 2. The first-order chi connectivity index (χ1) is 14.0. The topological polar surface area (TPSA) is 104 Å². The van der Waals surface area contributed by atoms with Crippen molar-refractivity contribution in [2.75, 3.05) is 19.6 Å². The molecule has 0 radical (unpaired) electrons. The number of H-pyrrole nitrogens is 1. The van der Waals surface area contributed by atoms with Crippen LogP contribution in [-0.4, -0.2) is 51.4 Å². The number of aliphatic hydroxyl groups excluding tert-OH is 1. The Morgan fingerprint density at radius 1 is 1.20 bits per heavy atom. The van der Waals surface area contributed by atoms with Crippen molar-refractivity contribution < 1.29 is 22.7 Å². The maximum Gasteiger partial charge on any atom is 0.389 e. The fraction of sp³-hybridized carbons (Fsp3) is 0.684. The number of likely N-dealkylation sites (tertiary alicyclic amines) is 1. The summed E-state index contributed by atoms with van der Waals surface area (Å²) in [6, 6.07) is -1.22. The van der Waals surface area contributed by atoms with Crippen LogP contribution in [0.5, 0.6) is 0 Å². The molecule has 1 aromatic rings. The molecular formula is C19H24F4N4O3. The van der Waals surface area contributed by atoms with Crippen LogP contribution in [0.25, 0.3) is 5.76 Å². The summed E-state index contributed by atoms with van der Waals surface area (Å²) < 4.78 is 55.6. The third kappa shape index (κ3) is 3.47. The quantitative estimate of drug-likeness (QED) is 0.632. The molecule has 2 fully saturated rings. The normalized spacial score (nSPS) is 30.1. The second kappa shape index (κ2) is 7.23. The second-order valence-corrected chi connectivity index (χ2v) is 8.58. The van der Waals surface area contributed by atoms with Gasteiger partial charge in [-0.25, -0.2) is 9.18 Å². The van der Waals surface area contributed by atoms with E-state index in [-0.39, 0.29) is 36.9 Å². The molecule has 2 aliphatic carbocycles. The van der Waals surface area contributed by atoms with Gasteiger partial charge in [0.05, 0.1) is 6.04 Å². The largest absolute Gasteiger partial charge is 0.504 e. The van der Waals surface area contributed by atoms with Crippen LogP contribution in [0.4, 0.5) is 17.6 Å². The van der Waals surface area contributed by atoms with Gasteiger partial charge in [0.25, 0.3) is 5.56 Å². The first kappa shape index (κ1) is 21.1. The Balaban J connectivity index is 1.75. The fourth-order valence-corrected chi connectivity index (χ4v) is 5.04. The van der Waals surface area contributed by atoms with Crippen molar-refractivity contribution in [3.8, 4) is 0 Å². The molecule has 4 atom stereocenters. The third-order valence-electron chi connectivity index (χ3n) is 6.52. The van der Waals surface area contributed by atoms with Crippen molar-refractivity contribution in [1.29, 1.82) is 0 Å². The number of aromatic amines is 1. The van der Waals surface area contributed by atoms with E-state index >= 15 is 4.39 Å². The number of hydrogen-bond donors (Lipinski definition) is 3. The molecular weight excluding hydrogens is 408 g/mol. The van der Waals surface area contributed by atoms with Crippen LogP contribution in [0.1, 0.15) is 49.4 Å². The number of nitrogens with one attached hydrogen (secondary N) is 1. The summed E-state index contributed by atoms with van der Waals surface area (Å²) in [7, 11) is 0. The zero-order valence-electron chi connectivity index (χ0n) is 16.4. The minimum Gasteiger partial charge on any atom is -0.504 e. The van der Waals surface area contributed by atoms with E-state index in [0.29, 0.717) is 0 Å². The molecule has 1 aliphatic heterocycles. The molecule has 0 aromatic carbocycles. The van der Waals surface area contributed by atoms with E-state index in [9.17, 15) is 27.9 Å². The highest BCUT2D eigenvalue weighted by Crippen LogP contribution is 2.45. The number of halogens is 4. The van der Waals surface area contributed by atoms with Crippen LogP contribution < -0.4 is 17.0 Å². The second-order valence-electron chi connectivity index (χ2n) is 8.58. The zero-order valence-corrected chi connectivity index (χ0v) is 16.4. The van der Waals surface area contributed by atoms with E-state index in [1.54, 1.807) is 11.8 Å². The van der Waals surface area contributed by atoms with Crippen LogP contribution >= 0.6 is 0 Å². The molecule has 4 unspecified atom stereocenters. The predicted octanol–water partition coefficient (Wildman–Crippen LogP) is 2.01. The van der Waals surface area contributed by atoms with Crippen LogP contribution in [0.3, 0.4) is 0 Å². The van der Waals surface area contributed by atoms with E-state index < -0.39 is 59.2 Å². The molecule has 4 N–H and O–H groups in total. The number of aliphatic hydroxyl groups is 1. The van der Waals surface area contributed by atoms with Gasteiger partial charge < -0.3 is 10.8 Å². The third-order valence-corrected chi connectivity index (χ3v) is 6.52. The van der Waals surface area contributed by atoms with Gasteiger partial charge in [0, 0.05) is 37.2 Å². The van der Waals surface area contributed by atoms with Crippen molar-refractivity contribution in [1.82, 2.24) is 14.5 Å². The number of fused-ring (bicyclic) bond motifs is 1. The van der Waals surface area contributed by atoms with Gasteiger partial charge in [-0.2, -0.15) is 13.2 Å². The van der Waals surface area contributed by atoms with Gasteiger partial charge in [0.15, 0.2) is 11.6 Å². The molecule has 4 rings (SSSR count). The van der Waals surface area contributed by atoms with Gasteiger partial charge in [-0.15, -0.1) is 0 Å². The molecule has 0 amide bonds. The maximum absolute atomic E-state index is 15.2. The average Bonchev–Trinajstić information content (AvgIpc) is 3.39. The molecule has 1 saturated carbocycles. The number of nitrogens with two attached hydrogens (primary N) is 1. The van der Waals surface area contributed by atoms with Gasteiger partial charge in [-0.05, 0) is 31.2 Å². The van der Waals surface area contributed by atoms with Crippen molar-refractivity contribution in [3.05, 3.63) is 37.9 Å². The smallest absolute Gasteiger partial charge is 0.389 e. The molecule has 0 bridgehead atoms. The number of rotatable bonds is 4. The van der Waals surface area contributed by atoms with Crippen molar-refractivity contribution in [2.45, 2.75) is 50.4 Å². The molecule has 11 heteroatoms. The van der Waals surface area contributed by atoms with E-state index in [4.69, 9.17) is 5.73 Å². The van der Waals surface area contributed by atoms with Crippen LogP contribution in [0, 0.1) is 11.8 Å². The van der Waals surface area contributed by atoms with E-state index in [1.807, 2.05) is 0 Å². The summed E-state index contributed by atoms with van der Waals surface area (Å²) in [4.78, 5) is 28.4. The minimum absolute atomic E-state index is 0.0265. The summed E-state index contributed by atoms with van der Waals surface area (Å²) in [5, 5.41) is 10.5. The van der Waals surface area contributed by atoms with Gasteiger partial charge in [-0.3, -0.25) is 19.2 Å². The fourth-order valence-electron chi connectivity index (χ4n) is 5.04. The first-order valence-electron chi connectivity index (χ1n) is 10.0. The van der Waals surface area contributed by atoms with Crippen LogP contribution in [0.15, 0.2) is 15.4 Å². The molecule has 1 saturated heterocycles. The Morgan fingerprint density at radius 3 is 2.40 bits per heavy atom. The lowest BCUT2D eigenvalue weighted by Gasteiger charge is -2.37. The van der Waals surface area contributed by atoms with Gasteiger partial charge >= 0.3 is 11.9 Å². The lowest BCUT2D eigenvalue weighted by atomic mass is 9.86. The summed E-state index contributed by atoms with van der Waals surface area (Å²) in [6.45, 7) is 1.75. The molecule has 1 aromatic heterocycles. The summed E-state index contributed by atoms with van der Waals surface area (Å²) in [6.07, 6.45) is -3.95. The van der Waals surface area contributed by atoms with E-state index in [2.05, 4.69) is 4.98 Å². The Kier molecular flexibility index (Phi) is 5.08. The van der Waals surface area contributed by atoms with E-state index in [1.165, 1.54) is 4.57 Å². The first-order valence-corrected chi connectivity index (χ1v) is 10.0. The van der Waals surface area contributed by atoms with Crippen molar-refractivity contribution >= 4 is 5.76 Å². The summed E-state index contributed by atoms with van der Waals surface area (Å²) in [5.41, 5.74) is 4.14. The lowest BCUT2D eigenvalue weighted by Crippen LogP contribution is -2.46. The van der Waals surface area contributed by atoms with Gasteiger partial charge in [-0.1, -0.05) is 6.92 Å². The van der Waals surface area contributed by atoms with Crippen LogP contribution in [-0.2, 0) is 0 Å². The molecule has 30 heavy (non-hydrogen) atoms. The Labute approximate surface area is 169 Å². The SMILES string of the molecule is CC1c2c(c(=O)[nH]c(=O)n2C2CC2)C(O)=C(F)C1N1CC(CN)C(CC(F)(F)F)C1. The number of nitrogens with zero attached hydrogens (tertiary/aromatic N) is 2. The van der Waals surface area contributed by atoms with Crippen LogP contribution in [0.2, 0.25) is 0 Å². The number of hydrogen-bond acceptors (Lipinski definition) is 5. The minimum atomic E-state index is -4.37. The molecule has 166 valence electrons. The van der Waals surface area contributed by atoms with Crippen molar-refractivity contribution in [2.24, 2.45) is 17.6 Å².